The van der Waals surface area contributed by atoms with Crippen molar-refractivity contribution in [2.45, 2.75) is 6.42 Å². The first-order valence-corrected chi connectivity index (χ1v) is 4.82. The van der Waals surface area contributed by atoms with E-state index in [2.05, 4.69) is 5.32 Å². The maximum absolute atomic E-state index is 10.8. The molecule has 0 aliphatic heterocycles. The third kappa shape index (κ3) is 5.84. The van der Waals surface area contributed by atoms with E-state index < -0.39 is 22.5 Å². The van der Waals surface area contributed by atoms with Crippen molar-refractivity contribution in [1.82, 2.24) is 5.32 Å². The van der Waals surface area contributed by atoms with Crippen molar-refractivity contribution in [3.63, 3.8) is 0 Å². The molecule has 0 aromatic heterocycles. The van der Waals surface area contributed by atoms with Gasteiger partial charge >= 0.3 is 5.97 Å². The van der Waals surface area contributed by atoms with Crippen LogP contribution in [-0.4, -0.2) is 39.7 Å². The molecule has 0 fully saturated rings. The summed E-state index contributed by atoms with van der Waals surface area (Å²) in [5, 5.41) is 10.6. The molecule has 0 bridgehead atoms. The fraction of sp³-hybridized carbons (Fsp3) is 0.667. The molecule has 6 heteroatoms. The Hall–Kier alpha value is -0.910. The lowest BCUT2D eigenvalue weighted by molar-refractivity contribution is -0.134. The maximum Gasteiger partial charge on any atom is 0.316 e. The summed E-state index contributed by atoms with van der Waals surface area (Å²) in [6.07, 6.45) is 0.108. The molecule has 0 rings (SSSR count). The van der Waals surface area contributed by atoms with Crippen LogP contribution in [0.5, 0.6) is 0 Å². The standard InChI is InChI=1S/C6H11NO4S/c1-7-5(8)2-3-12(11)4-6(9)10/h2-4H2,1H3,(H,7,8)(H,9,10). The summed E-state index contributed by atoms with van der Waals surface area (Å²) in [5.74, 6) is -1.62. The highest BCUT2D eigenvalue weighted by atomic mass is 32.2. The van der Waals surface area contributed by atoms with Crippen LogP contribution < -0.4 is 5.32 Å². The van der Waals surface area contributed by atoms with Gasteiger partial charge in [-0.05, 0) is 0 Å². The van der Waals surface area contributed by atoms with Crippen LogP contribution in [0.2, 0.25) is 0 Å². The van der Waals surface area contributed by atoms with E-state index in [1.807, 2.05) is 0 Å². The average molecular weight is 193 g/mol. The first kappa shape index (κ1) is 11.1. The Morgan fingerprint density at radius 1 is 1.50 bits per heavy atom. The summed E-state index contributed by atoms with van der Waals surface area (Å²) in [6.45, 7) is 0. The molecule has 0 aliphatic rings. The van der Waals surface area contributed by atoms with E-state index in [4.69, 9.17) is 5.11 Å². The van der Waals surface area contributed by atoms with Gasteiger partial charge in [-0.15, -0.1) is 0 Å². The smallest absolute Gasteiger partial charge is 0.316 e. The molecule has 12 heavy (non-hydrogen) atoms. The first-order valence-electron chi connectivity index (χ1n) is 3.33. The maximum atomic E-state index is 10.8. The third-order valence-electron chi connectivity index (χ3n) is 1.12. The number of aliphatic carboxylic acids is 1. The number of nitrogens with one attached hydrogen (secondary N) is 1. The summed E-state index contributed by atoms with van der Waals surface area (Å²) in [5.41, 5.74) is 0. The Labute approximate surface area is 72.6 Å². The van der Waals surface area contributed by atoms with Crippen molar-refractivity contribution >= 4 is 22.7 Å². The highest BCUT2D eigenvalue weighted by molar-refractivity contribution is 7.85. The number of carboxylic acid groups (broad SMARTS) is 1. The van der Waals surface area contributed by atoms with E-state index >= 15 is 0 Å². The molecule has 0 aromatic carbocycles. The molecular formula is C6H11NO4S. The van der Waals surface area contributed by atoms with Crippen molar-refractivity contribution in [2.24, 2.45) is 0 Å². The average Bonchev–Trinajstić information content (AvgIpc) is 1.99. The van der Waals surface area contributed by atoms with Gasteiger partial charge < -0.3 is 10.4 Å². The first-order chi connectivity index (χ1) is 5.56. The molecule has 1 atom stereocenters. The van der Waals surface area contributed by atoms with E-state index in [-0.39, 0.29) is 18.1 Å². The lowest BCUT2D eigenvalue weighted by atomic mass is 10.5. The van der Waals surface area contributed by atoms with Gasteiger partial charge in [-0.3, -0.25) is 13.8 Å². The monoisotopic (exact) mass is 193 g/mol. The van der Waals surface area contributed by atoms with E-state index in [0.29, 0.717) is 0 Å². The lowest BCUT2D eigenvalue weighted by Crippen LogP contribution is -2.21. The van der Waals surface area contributed by atoms with Gasteiger partial charge in [0.2, 0.25) is 5.91 Å². The third-order valence-corrected chi connectivity index (χ3v) is 2.35. The van der Waals surface area contributed by atoms with Crippen LogP contribution in [0, 0.1) is 0 Å². The molecule has 0 saturated carbocycles. The molecule has 0 heterocycles. The number of hydrogen-bond donors (Lipinski definition) is 2. The Morgan fingerprint density at radius 2 is 2.08 bits per heavy atom. The van der Waals surface area contributed by atoms with E-state index in [1.165, 1.54) is 7.05 Å². The summed E-state index contributed by atoms with van der Waals surface area (Å²) >= 11 is 0. The minimum absolute atomic E-state index is 0.103. The Bertz CT molecular complexity index is 204. The topological polar surface area (TPSA) is 83.5 Å². The minimum Gasteiger partial charge on any atom is -0.481 e. The zero-order valence-electron chi connectivity index (χ0n) is 6.70. The van der Waals surface area contributed by atoms with Crippen LogP contribution in [0.3, 0.4) is 0 Å². The number of amides is 1. The van der Waals surface area contributed by atoms with Crippen LogP contribution in [0.4, 0.5) is 0 Å². The number of carbonyl (C=O) groups excluding carboxylic acids is 1. The zero-order chi connectivity index (χ0) is 9.56. The predicted molar refractivity (Wildman–Crippen MR) is 44.2 cm³/mol. The van der Waals surface area contributed by atoms with Crippen molar-refractivity contribution in [3.05, 3.63) is 0 Å². The van der Waals surface area contributed by atoms with Gasteiger partial charge in [-0.2, -0.15) is 0 Å². The Balaban J connectivity index is 3.57. The van der Waals surface area contributed by atoms with Gasteiger partial charge in [0.15, 0.2) is 0 Å². The highest BCUT2D eigenvalue weighted by Crippen LogP contribution is 1.87. The largest absolute Gasteiger partial charge is 0.481 e. The number of carboxylic acids is 1. The number of carbonyl (C=O) groups is 2. The van der Waals surface area contributed by atoms with Crippen molar-refractivity contribution in [2.75, 3.05) is 18.6 Å². The van der Waals surface area contributed by atoms with Crippen LogP contribution >= 0.6 is 0 Å². The van der Waals surface area contributed by atoms with E-state index in [1.54, 1.807) is 0 Å². The van der Waals surface area contributed by atoms with Gasteiger partial charge in [-0.25, -0.2) is 0 Å². The van der Waals surface area contributed by atoms with Gasteiger partial charge in [0.1, 0.15) is 5.75 Å². The predicted octanol–water partition coefficient (Wildman–Crippen LogP) is -1.04. The summed E-state index contributed by atoms with van der Waals surface area (Å²) < 4.78 is 10.8. The second-order valence-electron chi connectivity index (χ2n) is 2.11. The molecule has 1 amide bonds. The number of rotatable bonds is 5. The molecule has 0 radical (unpaired) electrons. The van der Waals surface area contributed by atoms with Crippen LogP contribution in [-0.2, 0) is 20.4 Å². The summed E-state index contributed by atoms with van der Waals surface area (Å²) in [7, 11) is 0.0420. The van der Waals surface area contributed by atoms with Gasteiger partial charge in [0.25, 0.3) is 0 Å². The Morgan fingerprint density at radius 3 is 2.50 bits per heavy atom. The zero-order valence-corrected chi connectivity index (χ0v) is 7.52. The SMILES string of the molecule is CNC(=O)CCS(=O)CC(=O)O. The second-order valence-corrected chi connectivity index (χ2v) is 3.68. The van der Waals surface area contributed by atoms with Crippen LogP contribution in [0.25, 0.3) is 0 Å². The molecule has 0 aliphatic carbocycles. The highest BCUT2D eigenvalue weighted by Gasteiger charge is 2.07. The minimum atomic E-state index is -1.43. The Kier molecular flexibility index (Phi) is 5.27. The molecule has 0 spiro atoms. The van der Waals surface area contributed by atoms with Gasteiger partial charge in [-0.1, -0.05) is 0 Å². The summed E-state index contributed by atoms with van der Waals surface area (Å²) in [6, 6.07) is 0. The fourth-order valence-electron chi connectivity index (χ4n) is 0.541. The lowest BCUT2D eigenvalue weighted by Gasteiger charge is -1.97. The van der Waals surface area contributed by atoms with Gasteiger partial charge in [0, 0.05) is 30.0 Å². The van der Waals surface area contributed by atoms with E-state index in [9.17, 15) is 13.8 Å². The molecule has 2 N–H and O–H groups in total. The van der Waals surface area contributed by atoms with Gasteiger partial charge in [0.05, 0.1) is 0 Å². The van der Waals surface area contributed by atoms with Crippen molar-refractivity contribution < 1.29 is 18.9 Å². The van der Waals surface area contributed by atoms with E-state index in [0.717, 1.165) is 0 Å². The molecule has 70 valence electrons. The van der Waals surface area contributed by atoms with Crippen molar-refractivity contribution in [3.8, 4) is 0 Å². The number of hydrogen-bond acceptors (Lipinski definition) is 3. The quantitative estimate of drug-likeness (QED) is 0.584. The molecule has 0 aromatic rings. The molecule has 1 unspecified atom stereocenters. The summed E-state index contributed by atoms with van der Waals surface area (Å²) in [4.78, 5) is 20.6. The second kappa shape index (κ2) is 5.70. The molecule has 5 nitrogen and oxygen atoms in total. The van der Waals surface area contributed by atoms with Crippen LogP contribution in [0.15, 0.2) is 0 Å². The van der Waals surface area contributed by atoms with Crippen LogP contribution in [0.1, 0.15) is 6.42 Å². The fourth-order valence-corrected chi connectivity index (χ4v) is 1.37. The molecule has 0 saturated heterocycles. The normalized spacial score (nSPS) is 12.1. The van der Waals surface area contributed by atoms with Crippen molar-refractivity contribution in [1.29, 1.82) is 0 Å². The molecular weight excluding hydrogens is 182 g/mol.